The lowest BCUT2D eigenvalue weighted by molar-refractivity contribution is 0.214. The number of para-hydroxylation sites is 1. The molecule has 1 aromatic carbocycles. The van der Waals surface area contributed by atoms with Crippen molar-refractivity contribution in [2.75, 3.05) is 32.5 Å². The highest BCUT2D eigenvalue weighted by Crippen LogP contribution is 2.30. The molecule has 1 fully saturated rings. The van der Waals surface area contributed by atoms with Crippen LogP contribution < -0.4 is 10.5 Å². The molecule has 0 spiro atoms. The van der Waals surface area contributed by atoms with Crippen LogP contribution in [0.25, 0.3) is 16.6 Å². The molecule has 1 atom stereocenters. The van der Waals surface area contributed by atoms with Gasteiger partial charge in [-0.2, -0.15) is 4.52 Å². The second-order valence-corrected chi connectivity index (χ2v) is 6.26. The van der Waals surface area contributed by atoms with E-state index >= 15 is 0 Å². The minimum absolute atomic E-state index is 0.337. The molecule has 0 amide bonds. The normalized spacial score (nSPS) is 19.2. The molecule has 4 rings (SSSR count). The molecule has 1 saturated heterocycles. The van der Waals surface area contributed by atoms with Gasteiger partial charge in [-0.05, 0) is 38.1 Å². The van der Waals surface area contributed by atoms with E-state index in [2.05, 4.69) is 21.9 Å². The van der Waals surface area contributed by atoms with E-state index in [0.29, 0.717) is 17.6 Å². The molecule has 1 aliphatic rings. The first-order chi connectivity index (χ1) is 11.7. The van der Waals surface area contributed by atoms with E-state index in [-0.39, 0.29) is 0 Å². The zero-order chi connectivity index (χ0) is 16.7. The van der Waals surface area contributed by atoms with Crippen LogP contribution in [-0.2, 0) is 0 Å². The van der Waals surface area contributed by atoms with Gasteiger partial charge in [0.1, 0.15) is 11.3 Å². The number of nitrogens with two attached hydrogens (primary N) is 1. The van der Waals surface area contributed by atoms with E-state index in [1.165, 1.54) is 6.42 Å². The number of aromatic nitrogens is 4. The van der Waals surface area contributed by atoms with Crippen LogP contribution in [0.3, 0.4) is 0 Å². The fourth-order valence-corrected chi connectivity index (χ4v) is 3.53. The number of anilines is 1. The fraction of sp³-hybridized carbons (Fsp3) is 0.471. The third-order valence-electron chi connectivity index (χ3n) is 4.84. The molecule has 0 saturated carbocycles. The first-order valence-corrected chi connectivity index (χ1v) is 8.42. The molecule has 7 heteroatoms. The van der Waals surface area contributed by atoms with Crippen LogP contribution >= 0.6 is 0 Å². The predicted molar refractivity (Wildman–Crippen MR) is 93.3 cm³/mol. The number of nitrogens with zero attached hydrogens (tertiary/aromatic N) is 5. The molecule has 1 aliphatic heterocycles. The molecule has 3 aromatic rings. The summed E-state index contributed by atoms with van der Waals surface area (Å²) in [4.78, 5) is 11.7. The van der Waals surface area contributed by atoms with Crippen molar-refractivity contribution in [1.29, 1.82) is 0 Å². The number of piperidine rings is 1. The molecule has 126 valence electrons. The number of likely N-dealkylation sites (N-methyl/N-ethyl adjacent to an activating group) is 1. The summed E-state index contributed by atoms with van der Waals surface area (Å²) in [6.07, 6.45) is 2.29. The standard InChI is InChI=1S/C17H22N6O/c1-3-22-9-5-6-11(10-22)15-20-16-12-7-4-8-13(24-2)14(12)19-17(18)23(16)21-15/h4,7-8,11H,3,5-6,9-10H2,1-2H3,(H2,18,19)/t11-/m1/s1. The topological polar surface area (TPSA) is 81.6 Å². The predicted octanol–water partition coefficient (Wildman–Crippen LogP) is 2.07. The highest BCUT2D eigenvalue weighted by molar-refractivity contribution is 5.95. The van der Waals surface area contributed by atoms with Gasteiger partial charge in [-0.25, -0.2) is 9.97 Å². The number of nitrogen functional groups attached to an aromatic ring is 1. The summed E-state index contributed by atoms with van der Waals surface area (Å²) in [7, 11) is 1.63. The van der Waals surface area contributed by atoms with Gasteiger partial charge in [-0.1, -0.05) is 13.0 Å². The quantitative estimate of drug-likeness (QED) is 0.793. The Labute approximate surface area is 140 Å². The molecule has 0 unspecified atom stereocenters. The van der Waals surface area contributed by atoms with Crippen LogP contribution in [0.1, 0.15) is 31.5 Å². The Bertz CT molecular complexity index is 890. The molecule has 0 aliphatic carbocycles. The number of ether oxygens (including phenoxy) is 1. The van der Waals surface area contributed by atoms with Crippen molar-refractivity contribution in [2.24, 2.45) is 0 Å². The van der Waals surface area contributed by atoms with Gasteiger partial charge in [-0.15, -0.1) is 5.10 Å². The summed E-state index contributed by atoms with van der Waals surface area (Å²) >= 11 is 0. The van der Waals surface area contributed by atoms with Crippen molar-refractivity contribution in [3.05, 3.63) is 24.0 Å². The summed E-state index contributed by atoms with van der Waals surface area (Å²) in [5, 5.41) is 5.57. The van der Waals surface area contributed by atoms with Crippen molar-refractivity contribution in [2.45, 2.75) is 25.7 Å². The van der Waals surface area contributed by atoms with E-state index < -0.39 is 0 Å². The van der Waals surface area contributed by atoms with Crippen LogP contribution in [0.5, 0.6) is 5.75 Å². The Kier molecular flexibility index (Phi) is 3.72. The van der Waals surface area contributed by atoms with Crippen LogP contribution in [-0.4, -0.2) is 51.2 Å². The Morgan fingerprint density at radius 1 is 1.33 bits per heavy atom. The highest BCUT2D eigenvalue weighted by Gasteiger charge is 2.25. The number of methoxy groups -OCH3 is 1. The molecule has 3 heterocycles. The summed E-state index contributed by atoms with van der Waals surface area (Å²) in [5.41, 5.74) is 7.60. The highest BCUT2D eigenvalue weighted by atomic mass is 16.5. The summed E-state index contributed by atoms with van der Waals surface area (Å²) in [6, 6.07) is 5.80. The second kappa shape index (κ2) is 5.90. The molecule has 2 aromatic heterocycles. The molecular formula is C17H22N6O. The van der Waals surface area contributed by atoms with Gasteiger partial charge in [0, 0.05) is 17.8 Å². The van der Waals surface area contributed by atoms with E-state index in [0.717, 1.165) is 48.4 Å². The molecule has 0 bridgehead atoms. The SMILES string of the molecule is CCN1CCC[C@@H](c2nc3c4cccc(OC)c4nc(N)n3n2)C1. The van der Waals surface area contributed by atoms with Crippen LogP contribution in [0.15, 0.2) is 18.2 Å². The van der Waals surface area contributed by atoms with Crippen LogP contribution in [0.4, 0.5) is 5.95 Å². The minimum Gasteiger partial charge on any atom is -0.494 e. The van der Waals surface area contributed by atoms with Crippen molar-refractivity contribution in [3.8, 4) is 5.75 Å². The van der Waals surface area contributed by atoms with Crippen molar-refractivity contribution < 1.29 is 4.74 Å². The minimum atomic E-state index is 0.337. The van der Waals surface area contributed by atoms with Crippen molar-refractivity contribution in [3.63, 3.8) is 0 Å². The van der Waals surface area contributed by atoms with Gasteiger partial charge >= 0.3 is 0 Å². The van der Waals surface area contributed by atoms with Gasteiger partial charge in [0.25, 0.3) is 0 Å². The zero-order valence-electron chi connectivity index (χ0n) is 14.1. The smallest absolute Gasteiger partial charge is 0.223 e. The summed E-state index contributed by atoms with van der Waals surface area (Å²) in [5.74, 6) is 2.24. The Morgan fingerprint density at radius 2 is 2.21 bits per heavy atom. The number of hydrogen-bond donors (Lipinski definition) is 1. The van der Waals surface area contributed by atoms with E-state index in [1.54, 1.807) is 11.6 Å². The number of benzene rings is 1. The maximum absolute atomic E-state index is 6.13. The van der Waals surface area contributed by atoms with E-state index in [9.17, 15) is 0 Å². The first-order valence-electron chi connectivity index (χ1n) is 8.42. The Morgan fingerprint density at radius 3 is 3.00 bits per heavy atom. The lowest BCUT2D eigenvalue weighted by Gasteiger charge is -2.30. The van der Waals surface area contributed by atoms with Gasteiger partial charge in [0.15, 0.2) is 11.5 Å². The third kappa shape index (κ3) is 2.36. The monoisotopic (exact) mass is 326 g/mol. The van der Waals surface area contributed by atoms with Gasteiger partial charge < -0.3 is 15.4 Å². The van der Waals surface area contributed by atoms with Gasteiger partial charge in [0.05, 0.1) is 7.11 Å². The van der Waals surface area contributed by atoms with Crippen molar-refractivity contribution in [1.82, 2.24) is 24.5 Å². The average molecular weight is 326 g/mol. The van der Waals surface area contributed by atoms with E-state index in [1.807, 2.05) is 18.2 Å². The van der Waals surface area contributed by atoms with Crippen LogP contribution in [0.2, 0.25) is 0 Å². The van der Waals surface area contributed by atoms with Gasteiger partial charge in [-0.3, -0.25) is 0 Å². The van der Waals surface area contributed by atoms with Crippen LogP contribution in [0, 0.1) is 0 Å². The maximum atomic E-state index is 6.13. The number of likely N-dealkylation sites (tertiary alicyclic amines) is 1. The molecule has 0 radical (unpaired) electrons. The zero-order valence-corrected chi connectivity index (χ0v) is 14.1. The number of rotatable bonds is 3. The number of fused-ring (bicyclic) bond motifs is 3. The van der Waals surface area contributed by atoms with Crippen molar-refractivity contribution >= 4 is 22.5 Å². The third-order valence-corrected chi connectivity index (χ3v) is 4.84. The Balaban J connectivity index is 1.85. The largest absolute Gasteiger partial charge is 0.494 e. The molecule has 24 heavy (non-hydrogen) atoms. The lowest BCUT2D eigenvalue weighted by atomic mass is 9.97. The number of hydrogen-bond acceptors (Lipinski definition) is 6. The summed E-state index contributed by atoms with van der Waals surface area (Å²) < 4.78 is 7.06. The van der Waals surface area contributed by atoms with Gasteiger partial charge in [0.2, 0.25) is 5.95 Å². The van der Waals surface area contributed by atoms with E-state index in [4.69, 9.17) is 15.5 Å². The lowest BCUT2D eigenvalue weighted by Crippen LogP contribution is -2.34. The fourth-order valence-electron chi connectivity index (χ4n) is 3.53. The molecule has 2 N–H and O–H groups in total. The maximum Gasteiger partial charge on any atom is 0.223 e. The molecular weight excluding hydrogens is 304 g/mol. The Hall–Kier alpha value is -2.41. The second-order valence-electron chi connectivity index (χ2n) is 6.26. The average Bonchev–Trinajstić information content (AvgIpc) is 3.08. The molecule has 7 nitrogen and oxygen atoms in total. The first kappa shape index (κ1) is 15.1. The summed E-state index contributed by atoms with van der Waals surface area (Å²) in [6.45, 7) is 5.42.